The molecule has 0 saturated carbocycles. The molecule has 5 heteroatoms. The van der Waals surface area contributed by atoms with Crippen molar-refractivity contribution in [2.24, 2.45) is 0 Å². The van der Waals surface area contributed by atoms with Crippen LogP contribution in [0.25, 0.3) is 0 Å². The first-order valence-corrected chi connectivity index (χ1v) is 8.40. The van der Waals surface area contributed by atoms with E-state index in [4.69, 9.17) is 0 Å². The topological polar surface area (TPSA) is 69.8 Å². The third-order valence-electron chi connectivity index (χ3n) is 4.35. The summed E-state index contributed by atoms with van der Waals surface area (Å²) in [4.78, 5) is 19.5. The zero-order chi connectivity index (χ0) is 15.9. The lowest BCUT2D eigenvalue weighted by molar-refractivity contribution is 0.0953. The number of aromatic nitrogens is 2. The minimum Gasteiger partial charge on any atom is -0.352 e. The van der Waals surface area contributed by atoms with Crippen LogP contribution in [0.15, 0.2) is 36.7 Å². The Labute approximate surface area is 136 Å². The second-order valence-corrected chi connectivity index (χ2v) is 6.06. The van der Waals surface area contributed by atoms with Gasteiger partial charge in [-0.2, -0.15) is 0 Å². The van der Waals surface area contributed by atoms with E-state index in [0.29, 0.717) is 12.5 Å². The van der Waals surface area contributed by atoms with Crippen LogP contribution in [0.4, 0.5) is 0 Å². The molecule has 2 aromatic rings. The molecule has 1 aliphatic heterocycles. The van der Waals surface area contributed by atoms with Crippen molar-refractivity contribution in [2.45, 2.75) is 31.6 Å². The number of rotatable bonds is 6. The molecule has 1 aromatic heterocycles. The quantitative estimate of drug-likeness (QED) is 0.717. The standard InChI is InChI=1S/C18H24N4O/c23-18(22-9-3-7-17-20-10-11-21-17)15-5-1-4-14(12-15)16-6-2-8-19-13-16/h1,4-5,10-12,16,19H,2-3,6-9,13H2,(H,20,21)(H,22,23). The number of benzene rings is 1. The summed E-state index contributed by atoms with van der Waals surface area (Å²) in [5.74, 6) is 1.50. The van der Waals surface area contributed by atoms with Gasteiger partial charge in [0.1, 0.15) is 5.82 Å². The van der Waals surface area contributed by atoms with Crippen LogP contribution in [0, 0.1) is 0 Å². The van der Waals surface area contributed by atoms with Crippen molar-refractivity contribution in [3.8, 4) is 0 Å². The Balaban J connectivity index is 1.50. The number of nitrogens with zero attached hydrogens (tertiary/aromatic N) is 1. The molecule has 0 spiro atoms. The molecule has 1 amide bonds. The fourth-order valence-corrected chi connectivity index (χ4v) is 3.06. The fourth-order valence-electron chi connectivity index (χ4n) is 3.06. The second-order valence-electron chi connectivity index (χ2n) is 6.06. The van der Waals surface area contributed by atoms with Crippen LogP contribution in [-0.4, -0.2) is 35.5 Å². The highest BCUT2D eigenvalue weighted by molar-refractivity contribution is 5.94. The molecule has 1 atom stereocenters. The highest BCUT2D eigenvalue weighted by atomic mass is 16.1. The number of hydrogen-bond donors (Lipinski definition) is 3. The fraction of sp³-hybridized carbons (Fsp3) is 0.444. The molecule has 1 saturated heterocycles. The number of H-pyrrole nitrogens is 1. The summed E-state index contributed by atoms with van der Waals surface area (Å²) in [6.07, 6.45) is 7.70. The monoisotopic (exact) mass is 312 g/mol. The van der Waals surface area contributed by atoms with E-state index in [-0.39, 0.29) is 5.91 Å². The average Bonchev–Trinajstić information content (AvgIpc) is 3.13. The smallest absolute Gasteiger partial charge is 0.251 e. The molecule has 1 aromatic carbocycles. The van der Waals surface area contributed by atoms with Crippen LogP contribution in [0.5, 0.6) is 0 Å². The normalized spacial score (nSPS) is 17.8. The molecule has 23 heavy (non-hydrogen) atoms. The van der Waals surface area contributed by atoms with Crippen LogP contribution in [-0.2, 0) is 6.42 Å². The molecule has 3 N–H and O–H groups in total. The minimum absolute atomic E-state index is 0.00932. The van der Waals surface area contributed by atoms with Crippen molar-refractivity contribution in [1.82, 2.24) is 20.6 Å². The molecule has 1 fully saturated rings. The predicted octanol–water partition coefficient (Wildman–Crippen LogP) is 2.24. The highest BCUT2D eigenvalue weighted by Gasteiger charge is 2.16. The molecule has 1 aliphatic rings. The van der Waals surface area contributed by atoms with Crippen LogP contribution in [0.3, 0.4) is 0 Å². The van der Waals surface area contributed by atoms with Crippen molar-refractivity contribution in [2.75, 3.05) is 19.6 Å². The number of piperidine rings is 1. The van der Waals surface area contributed by atoms with Crippen molar-refractivity contribution < 1.29 is 4.79 Å². The number of carbonyl (C=O) groups is 1. The molecule has 0 radical (unpaired) electrons. The average molecular weight is 312 g/mol. The Hall–Kier alpha value is -2.14. The molecule has 122 valence electrons. The Bertz CT molecular complexity index is 618. The summed E-state index contributed by atoms with van der Waals surface area (Å²) in [6.45, 7) is 2.77. The van der Waals surface area contributed by atoms with Crippen LogP contribution < -0.4 is 10.6 Å². The Morgan fingerprint density at radius 1 is 1.39 bits per heavy atom. The van der Waals surface area contributed by atoms with Gasteiger partial charge in [-0.05, 0) is 49.4 Å². The van der Waals surface area contributed by atoms with E-state index < -0.39 is 0 Å². The van der Waals surface area contributed by atoms with Gasteiger partial charge >= 0.3 is 0 Å². The van der Waals surface area contributed by atoms with Crippen LogP contribution in [0.2, 0.25) is 0 Å². The highest BCUT2D eigenvalue weighted by Crippen LogP contribution is 2.23. The Kier molecular flexibility index (Phi) is 5.42. The van der Waals surface area contributed by atoms with E-state index in [1.165, 1.54) is 18.4 Å². The van der Waals surface area contributed by atoms with E-state index in [1.54, 1.807) is 6.20 Å². The van der Waals surface area contributed by atoms with Gasteiger partial charge in [0.25, 0.3) is 5.91 Å². The zero-order valence-electron chi connectivity index (χ0n) is 13.3. The van der Waals surface area contributed by atoms with Gasteiger partial charge in [-0.1, -0.05) is 12.1 Å². The summed E-state index contributed by atoms with van der Waals surface area (Å²) >= 11 is 0. The summed E-state index contributed by atoms with van der Waals surface area (Å²) < 4.78 is 0. The number of carbonyl (C=O) groups excluding carboxylic acids is 1. The summed E-state index contributed by atoms with van der Waals surface area (Å²) in [7, 11) is 0. The molecule has 2 heterocycles. The second kappa shape index (κ2) is 7.92. The van der Waals surface area contributed by atoms with E-state index in [2.05, 4.69) is 26.7 Å². The van der Waals surface area contributed by atoms with Gasteiger partial charge in [0.2, 0.25) is 0 Å². The molecule has 0 bridgehead atoms. The number of hydrogen-bond acceptors (Lipinski definition) is 3. The maximum absolute atomic E-state index is 12.3. The number of imidazole rings is 1. The van der Waals surface area contributed by atoms with Gasteiger partial charge in [-0.25, -0.2) is 4.98 Å². The molecule has 1 unspecified atom stereocenters. The first kappa shape index (κ1) is 15.7. The summed E-state index contributed by atoms with van der Waals surface area (Å²) in [5, 5.41) is 6.42. The maximum Gasteiger partial charge on any atom is 0.251 e. The van der Waals surface area contributed by atoms with Crippen molar-refractivity contribution in [3.05, 3.63) is 53.6 Å². The van der Waals surface area contributed by atoms with E-state index in [1.807, 2.05) is 24.4 Å². The number of amides is 1. The van der Waals surface area contributed by atoms with E-state index in [0.717, 1.165) is 37.3 Å². The lowest BCUT2D eigenvalue weighted by Crippen LogP contribution is -2.29. The maximum atomic E-state index is 12.3. The summed E-state index contributed by atoms with van der Waals surface area (Å²) in [5.41, 5.74) is 2.02. The zero-order valence-corrected chi connectivity index (χ0v) is 13.3. The third kappa shape index (κ3) is 4.42. The largest absolute Gasteiger partial charge is 0.352 e. The van der Waals surface area contributed by atoms with Crippen molar-refractivity contribution in [3.63, 3.8) is 0 Å². The number of nitrogens with one attached hydrogen (secondary N) is 3. The third-order valence-corrected chi connectivity index (χ3v) is 4.35. The molecular formula is C18H24N4O. The first-order chi connectivity index (χ1) is 11.3. The van der Waals surface area contributed by atoms with Crippen LogP contribution >= 0.6 is 0 Å². The van der Waals surface area contributed by atoms with Gasteiger partial charge in [-0.15, -0.1) is 0 Å². The molecule has 3 rings (SSSR count). The van der Waals surface area contributed by atoms with Gasteiger partial charge in [0, 0.05) is 37.5 Å². The van der Waals surface area contributed by atoms with Gasteiger partial charge in [0.05, 0.1) is 0 Å². The van der Waals surface area contributed by atoms with Gasteiger partial charge in [-0.3, -0.25) is 4.79 Å². The van der Waals surface area contributed by atoms with Gasteiger partial charge < -0.3 is 15.6 Å². The van der Waals surface area contributed by atoms with Gasteiger partial charge in [0.15, 0.2) is 0 Å². The lowest BCUT2D eigenvalue weighted by atomic mass is 9.90. The molecule has 5 nitrogen and oxygen atoms in total. The SMILES string of the molecule is O=C(NCCCc1ncc[nH]1)c1cccc(C2CCCNC2)c1. The Morgan fingerprint density at radius 3 is 3.13 bits per heavy atom. The predicted molar refractivity (Wildman–Crippen MR) is 90.5 cm³/mol. The van der Waals surface area contributed by atoms with Crippen molar-refractivity contribution >= 4 is 5.91 Å². The van der Waals surface area contributed by atoms with E-state index in [9.17, 15) is 4.79 Å². The number of aryl methyl sites for hydroxylation is 1. The van der Waals surface area contributed by atoms with E-state index >= 15 is 0 Å². The molecular weight excluding hydrogens is 288 g/mol. The minimum atomic E-state index is 0.00932. The summed E-state index contributed by atoms with van der Waals surface area (Å²) in [6, 6.07) is 8.05. The van der Waals surface area contributed by atoms with Crippen molar-refractivity contribution in [1.29, 1.82) is 0 Å². The van der Waals surface area contributed by atoms with Crippen LogP contribution in [0.1, 0.15) is 46.9 Å². The number of aromatic amines is 1. The Morgan fingerprint density at radius 2 is 2.35 bits per heavy atom. The first-order valence-electron chi connectivity index (χ1n) is 8.40. The molecule has 0 aliphatic carbocycles. The lowest BCUT2D eigenvalue weighted by Gasteiger charge is -2.23.